The fraction of sp³-hybridized carbons (Fsp3) is 0.562. The molecule has 1 aliphatic rings. The van der Waals surface area contributed by atoms with Gasteiger partial charge >= 0.3 is 0 Å². The number of nitrogens with one attached hydrogen (secondary N) is 1. The van der Waals surface area contributed by atoms with Gasteiger partial charge in [-0.25, -0.2) is 4.39 Å². The number of rotatable bonds is 5. The summed E-state index contributed by atoms with van der Waals surface area (Å²) < 4.78 is 18.7. The maximum atomic E-state index is 13.2. The Bertz CT molecular complexity index is 514. The van der Waals surface area contributed by atoms with Crippen molar-refractivity contribution in [3.8, 4) is 5.75 Å². The number of benzene rings is 1. The van der Waals surface area contributed by atoms with Gasteiger partial charge in [-0.05, 0) is 43.0 Å². The molecule has 21 heavy (non-hydrogen) atoms. The van der Waals surface area contributed by atoms with Gasteiger partial charge in [-0.2, -0.15) is 0 Å². The van der Waals surface area contributed by atoms with E-state index in [0.29, 0.717) is 30.6 Å². The molecule has 1 unspecified atom stereocenters. The number of ether oxygens (including phenoxy) is 1. The molecule has 1 atom stereocenters. The topological polar surface area (TPSA) is 58.6 Å². The maximum Gasteiger partial charge on any atom is 0.226 e. The zero-order valence-electron chi connectivity index (χ0n) is 12.5. The normalized spacial score (nSPS) is 17.8. The summed E-state index contributed by atoms with van der Waals surface area (Å²) in [5, 5.41) is 13.0. The summed E-state index contributed by atoms with van der Waals surface area (Å²) in [7, 11) is 0. The Hall–Kier alpha value is -1.62. The van der Waals surface area contributed by atoms with Crippen LogP contribution in [0.25, 0.3) is 0 Å². The molecule has 0 aliphatic carbocycles. The Morgan fingerprint density at radius 2 is 2.19 bits per heavy atom. The van der Waals surface area contributed by atoms with Crippen molar-refractivity contribution in [2.45, 2.75) is 38.7 Å². The van der Waals surface area contributed by atoms with Crippen LogP contribution in [-0.2, 0) is 11.2 Å². The lowest BCUT2D eigenvalue weighted by Gasteiger charge is -2.28. The third-order valence-electron chi connectivity index (χ3n) is 4.21. The van der Waals surface area contributed by atoms with Crippen LogP contribution in [0.15, 0.2) is 18.2 Å². The quantitative estimate of drug-likeness (QED) is 0.874. The molecular formula is C16H22FNO3. The molecule has 0 saturated heterocycles. The van der Waals surface area contributed by atoms with E-state index >= 15 is 0 Å². The van der Waals surface area contributed by atoms with E-state index in [1.54, 1.807) is 6.07 Å². The molecule has 2 rings (SSSR count). The first-order chi connectivity index (χ1) is 9.97. The van der Waals surface area contributed by atoms with Crippen molar-refractivity contribution in [3.05, 3.63) is 29.6 Å². The number of amides is 1. The van der Waals surface area contributed by atoms with Gasteiger partial charge in [-0.15, -0.1) is 0 Å². The highest BCUT2D eigenvalue weighted by molar-refractivity contribution is 5.79. The summed E-state index contributed by atoms with van der Waals surface area (Å²) in [6.45, 7) is 4.28. The highest BCUT2D eigenvalue weighted by Gasteiger charge is 2.29. The van der Waals surface area contributed by atoms with Crippen molar-refractivity contribution >= 4 is 5.91 Å². The van der Waals surface area contributed by atoms with Crippen LogP contribution in [0.2, 0.25) is 0 Å². The minimum absolute atomic E-state index is 0.162. The molecule has 0 fully saturated rings. The van der Waals surface area contributed by atoms with Gasteiger partial charge in [0.25, 0.3) is 0 Å². The number of carbonyl (C=O) groups excluding carboxylic acids is 1. The van der Waals surface area contributed by atoms with Crippen LogP contribution in [0.1, 0.15) is 32.3 Å². The molecule has 1 heterocycles. The molecule has 0 saturated carbocycles. The van der Waals surface area contributed by atoms with Crippen molar-refractivity contribution < 1.29 is 19.0 Å². The molecule has 5 heteroatoms. The van der Waals surface area contributed by atoms with Crippen LogP contribution < -0.4 is 10.1 Å². The van der Waals surface area contributed by atoms with Crippen LogP contribution in [-0.4, -0.2) is 29.8 Å². The molecule has 2 N–H and O–H groups in total. The lowest BCUT2D eigenvalue weighted by Crippen LogP contribution is -2.46. The molecule has 0 aromatic heterocycles. The first-order valence-electron chi connectivity index (χ1n) is 7.38. The highest BCUT2D eigenvalue weighted by atomic mass is 19.1. The second-order valence-corrected chi connectivity index (χ2v) is 5.61. The Kier molecular flexibility index (Phi) is 4.83. The molecule has 0 radical (unpaired) electrons. The highest BCUT2D eigenvalue weighted by Crippen LogP contribution is 2.28. The summed E-state index contributed by atoms with van der Waals surface area (Å²) >= 11 is 0. The predicted molar refractivity (Wildman–Crippen MR) is 77.6 cm³/mol. The smallest absolute Gasteiger partial charge is 0.226 e. The van der Waals surface area contributed by atoms with Crippen LogP contribution in [0.5, 0.6) is 5.75 Å². The van der Waals surface area contributed by atoms with E-state index < -0.39 is 5.60 Å². The Balaban J connectivity index is 1.96. The zero-order chi connectivity index (χ0) is 15.5. The first-order valence-corrected chi connectivity index (χ1v) is 7.38. The number of hydrogen-bond acceptors (Lipinski definition) is 3. The van der Waals surface area contributed by atoms with Crippen molar-refractivity contribution in [2.75, 3.05) is 13.2 Å². The van der Waals surface area contributed by atoms with E-state index in [0.717, 1.165) is 0 Å². The average molecular weight is 295 g/mol. The fourth-order valence-corrected chi connectivity index (χ4v) is 2.43. The lowest BCUT2D eigenvalue weighted by molar-refractivity contribution is -0.127. The monoisotopic (exact) mass is 295 g/mol. The summed E-state index contributed by atoms with van der Waals surface area (Å²) in [6, 6.07) is 4.34. The van der Waals surface area contributed by atoms with Crippen LogP contribution in [0.3, 0.4) is 0 Å². The SMILES string of the molecule is CCC(O)(CC)CNC(=O)C1COc2ccc(F)cc2C1. The predicted octanol–water partition coefficient (Wildman–Crippen LogP) is 2.04. The Morgan fingerprint density at radius 3 is 2.86 bits per heavy atom. The second-order valence-electron chi connectivity index (χ2n) is 5.61. The third-order valence-corrected chi connectivity index (χ3v) is 4.21. The van der Waals surface area contributed by atoms with Gasteiger partial charge in [0.1, 0.15) is 18.2 Å². The van der Waals surface area contributed by atoms with Crippen molar-refractivity contribution in [1.29, 1.82) is 0 Å². The molecule has 0 spiro atoms. The average Bonchev–Trinajstić information content (AvgIpc) is 2.51. The van der Waals surface area contributed by atoms with E-state index in [9.17, 15) is 14.3 Å². The Morgan fingerprint density at radius 1 is 1.48 bits per heavy atom. The molecular weight excluding hydrogens is 273 g/mol. The largest absolute Gasteiger partial charge is 0.492 e. The van der Waals surface area contributed by atoms with Crippen LogP contribution in [0, 0.1) is 11.7 Å². The van der Waals surface area contributed by atoms with Gasteiger partial charge in [-0.1, -0.05) is 13.8 Å². The van der Waals surface area contributed by atoms with Crippen molar-refractivity contribution in [1.82, 2.24) is 5.32 Å². The second kappa shape index (κ2) is 6.43. The van der Waals surface area contributed by atoms with Gasteiger partial charge < -0.3 is 15.2 Å². The number of fused-ring (bicyclic) bond motifs is 1. The summed E-state index contributed by atoms with van der Waals surface area (Å²) in [5.41, 5.74) is -0.155. The number of carbonyl (C=O) groups is 1. The van der Waals surface area contributed by atoms with E-state index in [1.165, 1.54) is 12.1 Å². The third kappa shape index (κ3) is 3.73. The minimum atomic E-state index is -0.866. The van der Waals surface area contributed by atoms with Crippen molar-refractivity contribution in [3.63, 3.8) is 0 Å². The minimum Gasteiger partial charge on any atom is -0.492 e. The molecule has 1 aromatic carbocycles. The number of halogens is 1. The Labute approximate surface area is 124 Å². The maximum absolute atomic E-state index is 13.2. The van der Waals surface area contributed by atoms with Gasteiger partial charge in [0, 0.05) is 6.54 Å². The fourth-order valence-electron chi connectivity index (χ4n) is 2.43. The lowest BCUT2D eigenvalue weighted by atomic mass is 9.94. The summed E-state index contributed by atoms with van der Waals surface area (Å²) in [4.78, 5) is 12.2. The molecule has 116 valence electrons. The zero-order valence-corrected chi connectivity index (χ0v) is 12.5. The number of hydrogen-bond donors (Lipinski definition) is 2. The summed E-state index contributed by atoms with van der Waals surface area (Å²) in [5.74, 6) is -0.202. The van der Waals surface area contributed by atoms with Crippen LogP contribution >= 0.6 is 0 Å². The van der Waals surface area contributed by atoms with Crippen molar-refractivity contribution in [2.24, 2.45) is 5.92 Å². The molecule has 1 aliphatic heterocycles. The van der Waals surface area contributed by atoms with E-state index in [4.69, 9.17) is 4.74 Å². The molecule has 1 aromatic rings. The van der Waals surface area contributed by atoms with E-state index in [-0.39, 0.29) is 30.8 Å². The van der Waals surface area contributed by atoms with E-state index in [2.05, 4.69) is 5.32 Å². The first kappa shape index (κ1) is 15.8. The van der Waals surface area contributed by atoms with Gasteiger partial charge in [0.15, 0.2) is 0 Å². The molecule has 4 nitrogen and oxygen atoms in total. The molecule has 0 bridgehead atoms. The standard InChI is InChI=1S/C16H22FNO3/c1-3-16(20,4-2)10-18-15(19)12-7-11-8-13(17)5-6-14(11)21-9-12/h5-6,8,12,20H,3-4,7,9-10H2,1-2H3,(H,18,19). The number of aliphatic hydroxyl groups is 1. The van der Waals surface area contributed by atoms with Gasteiger partial charge in [0.05, 0.1) is 11.5 Å². The van der Waals surface area contributed by atoms with Gasteiger partial charge in [-0.3, -0.25) is 4.79 Å². The summed E-state index contributed by atoms with van der Waals surface area (Å²) in [6.07, 6.45) is 1.62. The van der Waals surface area contributed by atoms with Crippen LogP contribution in [0.4, 0.5) is 4.39 Å². The van der Waals surface area contributed by atoms with Gasteiger partial charge in [0.2, 0.25) is 5.91 Å². The molecule has 1 amide bonds. The van der Waals surface area contributed by atoms with E-state index in [1.807, 2.05) is 13.8 Å².